The molecule has 0 aromatic rings. The van der Waals surface area contributed by atoms with E-state index < -0.39 is 12.1 Å². The summed E-state index contributed by atoms with van der Waals surface area (Å²) in [4.78, 5) is 12.4. The molecule has 2 atom stereocenters. The van der Waals surface area contributed by atoms with Crippen molar-refractivity contribution in [1.82, 2.24) is 5.32 Å². The molecule has 0 aliphatic rings. The maximum absolute atomic E-state index is 12.4. The van der Waals surface area contributed by atoms with Gasteiger partial charge in [-0.3, -0.25) is 4.79 Å². The molecular formula is C43H83NO3. The second kappa shape index (κ2) is 39.3. The Labute approximate surface area is 294 Å². The van der Waals surface area contributed by atoms with Crippen LogP contribution in [-0.4, -0.2) is 34.9 Å². The second-order valence-electron chi connectivity index (χ2n) is 14.4. The third-order valence-corrected chi connectivity index (χ3v) is 9.68. The summed E-state index contributed by atoms with van der Waals surface area (Å²) in [5, 5.41) is 23.0. The molecule has 2 unspecified atom stereocenters. The van der Waals surface area contributed by atoms with E-state index in [1.54, 1.807) is 6.08 Å². The van der Waals surface area contributed by atoms with Crippen molar-refractivity contribution in [3.63, 3.8) is 0 Å². The van der Waals surface area contributed by atoms with Crippen molar-refractivity contribution in [2.75, 3.05) is 6.61 Å². The summed E-state index contributed by atoms with van der Waals surface area (Å²) >= 11 is 0. The lowest BCUT2D eigenvalue weighted by Gasteiger charge is -2.20. The molecule has 0 rings (SSSR count). The standard InChI is InChI=1S/C43H83NO3/c1-3-5-7-9-11-13-15-17-19-21-22-23-25-27-29-31-33-35-37-39-43(47)44-41(40-45)42(46)38-36-34-32-30-28-26-24-20-18-16-14-12-10-8-6-4-2/h21-22,36,38,41-42,45-46H,3-20,23-35,37,39-40H2,1-2H3,(H,44,47)/b22-21-,38-36+. The van der Waals surface area contributed by atoms with Crippen molar-refractivity contribution in [3.8, 4) is 0 Å². The first-order valence-corrected chi connectivity index (χ1v) is 21.1. The molecule has 0 aliphatic heterocycles. The average molecular weight is 662 g/mol. The zero-order chi connectivity index (χ0) is 34.3. The molecule has 0 heterocycles. The summed E-state index contributed by atoms with van der Waals surface area (Å²) in [6, 6.07) is -0.621. The quantitative estimate of drug-likeness (QED) is 0.0455. The molecule has 1 amide bonds. The van der Waals surface area contributed by atoms with Crippen LogP contribution < -0.4 is 5.32 Å². The van der Waals surface area contributed by atoms with Crippen LogP contribution in [0.3, 0.4) is 0 Å². The molecule has 0 aromatic heterocycles. The number of rotatable bonds is 38. The number of unbranched alkanes of at least 4 members (excludes halogenated alkanes) is 29. The maximum atomic E-state index is 12.4. The average Bonchev–Trinajstić information content (AvgIpc) is 3.07. The molecule has 0 bridgehead atoms. The van der Waals surface area contributed by atoms with Gasteiger partial charge in [-0.15, -0.1) is 0 Å². The maximum Gasteiger partial charge on any atom is 0.220 e. The molecule has 3 N–H and O–H groups in total. The fraction of sp³-hybridized carbons (Fsp3) is 0.884. The smallest absolute Gasteiger partial charge is 0.220 e. The minimum Gasteiger partial charge on any atom is -0.394 e. The number of hydrogen-bond donors (Lipinski definition) is 3. The van der Waals surface area contributed by atoms with Crippen LogP contribution in [0.15, 0.2) is 24.3 Å². The number of carbonyl (C=O) groups excluding carboxylic acids is 1. The molecule has 0 saturated carbocycles. The highest BCUT2D eigenvalue weighted by Gasteiger charge is 2.17. The minimum absolute atomic E-state index is 0.0674. The van der Waals surface area contributed by atoms with E-state index in [1.165, 1.54) is 180 Å². The summed E-state index contributed by atoms with van der Waals surface area (Å²) in [6.07, 6.45) is 49.9. The predicted molar refractivity (Wildman–Crippen MR) is 207 cm³/mol. The Morgan fingerprint density at radius 3 is 1.17 bits per heavy atom. The first-order valence-electron chi connectivity index (χ1n) is 21.1. The normalized spacial score (nSPS) is 13.2. The van der Waals surface area contributed by atoms with Crippen molar-refractivity contribution in [3.05, 3.63) is 24.3 Å². The van der Waals surface area contributed by atoms with E-state index in [1.807, 2.05) is 6.08 Å². The van der Waals surface area contributed by atoms with Gasteiger partial charge < -0.3 is 15.5 Å². The van der Waals surface area contributed by atoms with E-state index in [0.717, 1.165) is 25.7 Å². The van der Waals surface area contributed by atoms with Crippen LogP contribution >= 0.6 is 0 Å². The van der Waals surface area contributed by atoms with Crippen LogP contribution in [0.25, 0.3) is 0 Å². The lowest BCUT2D eigenvalue weighted by atomic mass is 10.0. The fourth-order valence-corrected chi connectivity index (χ4v) is 6.41. The molecular weight excluding hydrogens is 578 g/mol. The Morgan fingerprint density at radius 2 is 0.809 bits per heavy atom. The molecule has 0 aliphatic carbocycles. The lowest BCUT2D eigenvalue weighted by molar-refractivity contribution is -0.123. The van der Waals surface area contributed by atoms with Crippen LogP contribution in [0.1, 0.15) is 226 Å². The second-order valence-corrected chi connectivity index (χ2v) is 14.4. The van der Waals surface area contributed by atoms with Gasteiger partial charge in [0, 0.05) is 6.42 Å². The summed E-state index contributed by atoms with van der Waals surface area (Å²) in [7, 11) is 0. The van der Waals surface area contributed by atoms with Crippen LogP contribution in [0, 0.1) is 0 Å². The number of nitrogens with one attached hydrogen (secondary N) is 1. The van der Waals surface area contributed by atoms with E-state index in [0.29, 0.717) is 6.42 Å². The molecule has 0 saturated heterocycles. The monoisotopic (exact) mass is 662 g/mol. The van der Waals surface area contributed by atoms with Gasteiger partial charge in [0.25, 0.3) is 0 Å². The number of aliphatic hydroxyl groups excluding tert-OH is 2. The Balaban J connectivity index is 3.58. The van der Waals surface area contributed by atoms with Gasteiger partial charge in [-0.2, -0.15) is 0 Å². The molecule has 4 heteroatoms. The summed E-state index contributed by atoms with van der Waals surface area (Å²) in [5.74, 6) is -0.0674. The first kappa shape index (κ1) is 45.9. The number of allylic oxidation sites excluding steroid dienone is 3. The molecule has 0 aromatic carbocycles. The van der Waals surface area contributed by atoms with E-state index in [-0.39, 0.29) is 12.5 Å². The highest BCUT2D eigenvalue weighted by molar-refractivity contribution is 5.76. The van der Waals surface area contributed by atoms with Crippen LogP contribution in [0.4, 0.5) is 0 Å². The molecule has 0 spiro atoms. The van der Waals surface area contributed by atoms with Gasteiger partial charge in [0.1, 0.15) is 0 Å². The minimum atomic E-state index is -0.837. The molecule has 0 fully saturated rings. The van der Waals surface area contributed by atoms with Crippen molar-refractivity contribution in [2.45, 2.75) is 238 Å². The Kier molecular flexibility index (Phi) is 38.4. The van der Waals surface area contributed by atoms with Gasteiger partial charge in [-0.25, -0.2) is 0 Å². The highest BCUT2D eigenvalue weighted by Crippen LogP contribution is 2.15. The number of carbonyl (C=O) groups is 1. The number of amides is 1. The van der Waals surface area contributed by atoms with Gasteiger partial charge in [0.2, 0.25) is 5.91 Å². The summed E-state index contributed by atoms with van der Waals surface area (Å²) in [5.41, 5.74) is 0. The molecule has 0 radical (unpaired) electrons. The number of aliphatic hydroxyl groups is 2. The Morgan fingerprint density at radius 1 is 0.489 bits per heavy atom. The SMILES string of the molecule is CCCCCCCCCC/C=C\CCCCCCCCCC(=O)NC(CO)C(O)/C=C/CCCCCCCCCCCCCCCC. The predicted octanol–water partition coefficient (Wildman–Crippen LogP) is 12.8. The number of hydrogen-bond acceptors (Lipinski definition) is 3. The Hall–Kier alpha value is -1.13. The van der Waals surface area contributed by atoms with E-state index >= 15 is 0 Å². The third kappa shape index (κ3) is 36.0. The van der Waals surface area contributed by atoms with Gasteiger partial charge in [-0.05, 0) is 44.9 Å². The zero-order valence-corrected chi connectivity index (χ0v) is 31.8. The summed E-state index contributed by atoms with van der Waals surface area (Å²) in [6.45, 7) is 4.31. The van der Waals surface area contributed by atoms with Gasteiger partial charge in [0.15, 0.2) is 0 Å². The lowest BCUT2D eigenvalue weighted by Crippen LogP contribution is -2.45. The first-order chi connectivity index (χ1) is 23.2. The van der Waals surface area contributed by atoms with E-state index in [2.05, 4.69) is 31.3 Å². The highest BCUT2D eigenvalue weighted by atomic mass is 16.3. The topological polar surface area (TPSA) is 69.6 Å². The van der Waals surface area contributed by atoms with E-state index in [9.17, 15) is 15.0 Å². The zero-order valence-electron chi connectivity index (χ0n) is 31.8. The molecule has 4 nitrogen and oxygen atoms in total. The van der Waals surface area contributed by atoms with Crippen LogP contribution in [-0.2, 0) is 4.79 Å². The van der Waals surface area contributed by atoms with Crippen LogP contribution in [0.2, 0.25) is 0 Å². The Bertz CT molecular complexity index is 676. The third-order valence-electron chi connectivity index (χ3n) is 9.68. The fourth-order valence-electron chi connectivity index (χ4n) is 6.41. The molecule has 278 valence electrons. The molecule has 47 heavy (non-hydrogen) atoms. The summed E-state index contributed by atoms with van der Waals surface area (Å²) < 4.78 is 0. The van der Waals surface area contributed by atoms with Crippen LogP contribution in [0.5, 0.6) is 0 Å². The van der Waals surface area contributed by atoms with Gasteiger partial charge in [-0.1, -0.05) is 199 Å². The van der Waals surface area contributed by atoms with Crippen molar-refractivity contribution in [2.24, 2.45) is 0 Å². The van der Waals surface area contributed by atoms with Crippen molar-refractivity contribution >= 4 is 5.91 Å². The van der Waals surface area contributed by atoms with Gasteiger partial charge >= 0.3 is 0 Å². The van der Waals surface area contributed by atoms with E-state index in [4.69, 9.17) is 0 Å². The van der Waals surface area contributed by atoms with Crippen molar-refractivity contribution in [1.29, 1.82) is 0 Å². The van der Waals surface area contributed by atoms with Crippen molar-refractivity contribution < 1.29 is 15.0 Å². The largest absolute Gasteiger partial charge is 0.394 e. The van der Waals surface area contributed by atoms with Gasteiger partial charge in [0.05, 0.1) is 18.8 Å².